The summed E-state index contributed by atoms with van der Waals surface area (Å²) in [5, 5.41) is 12.9. The van der Waals surface area contributed by atoms with Crippen molar-refractivity contribution in [3.05, 3.63) is 63.1 Å². The number of fused-ring (bicyclic) bond motifs is 1. The van der Waals surface area contributed by atoms with E-state index in [0.29, 0.717) is 29.6 Å². The molecule has 1 aliphatic rings. The summed E-state index contributed by atoms with van der Waals surface area (Å²) in [5.74, 6) is 0.720. The molecule has 3 rings (SSSR count). The van der Waals surface area contributed by atoms with Crippen LogP contribution < -0.4 is 15.8 Å². The number of halogens is 3. The van der Waals surface area contributed by atoms with Crippen molar-refractivity contribution in [3.63, 3.8) is 0 Å². The van der Waals surface area contributed by atoms with Crippen LogP contribution in [-0.2, 0) is 12.8 Å². The molecule has 0 aliphatic heterocycles. The van der Waals surface area contributed by atoms with Gasteiger partial charge in [0.05, 0.1) is 10.0 Å². The predicted molar refractivity (Wildman–Crippen MR) is 114 cm³/mol. The van der Waals surface area contributed by atoms with E-state index in [1.807, 2.05) is 24.3 Å². The Morgan fingerprint density at radius 1 is 1.21 bits per heavy atom. The minimum absolute atomic E-state index is 0. The molecule has 2 atom stereocenters. The third-order valence-corrected chi connectivity index (χ3v) is 5.60. The molecule has 5 nitrogen and oxygen atoms in total. The summed E-state index contributed by atoms with van der Waals surface area (Å²) in [6.07, 6.45) is 1.19. The van der Waals surface area contributed by atoms with Crippen LogP contribution in [0, 0.1) is 0 Å². The van der Waals surface area contributed by atoms with Gasteiger partial charge in [0.2, 0.25) is 0 Å². The quantitative estimate of drug-likeness (QED) is 0.603. The fourth-order valence-electron chi connectivity index (χ4n) is 3.65. The Bertz CT molecular complexity index is 832. The van der Waals surface area contributed by atoms with Crippen LogP contribution in [0.2, 0.25) is 10.0 Å². The molecule has 0 saturated carbocycles. The third-order valence-electron chi connectivity index (χ3n) is 4.86. The van der Waals surface area contributed by atoms with Gasteiger partial charge >= 0.3 is 6.09 Å². The minimum Gasteiger partial charge on any atom is -0.492 e. The number of benzene rings is 2. The summed E-state index contributed by atoms with van der Waals surface area (Å²) in [6.45, 7) is 0.875. The zero-order chi connectivity index (χ0) is 19.4. The Labute approximate surface area is 180 Å². The van der Waals surface area contributed by atoms with Gasteiger partial charge in [0.25, 0.3) is 0 Å². The Kier molecular flexibility index (Phi) is 8.25. The zero-order valence-electron chi connectivity index (χ0n) is 15.2. The number of carbonyl (C=O) groups is 1. The van der Waals surface area contributed by atoms with E-state index in [2.05, 4.69) is 11.4 Å². The first-order valence-corrected chi connectivity index (χ1v) is 9.62. The molecular weight excluding hydrogens is 423 g/mol. The van der Waals surface area contributed by atoms with E-state index in [1.54, 1.807) is 6.07 Å². The second-order valence-corrected chi connectivity index (χ2v) is 7.47. The lowest BCUT2D eigenvalue weighted by atomic mass is 9.76. The summed E-state index contributed by atoms with van der Waals surface area (Å²) in [7, 11) is 0. The molecule has 0 spiro atoms. The predicted octanol–water partition coefficient (Wildman–Crippen LogP) is 4.66. The molecule has 0 bridgehead atoms. The van der Waals surface area contributed by atoms with E-state index in [0.717, 1.165) is 29.7 Å². The van der Waals surface area contributed by atoms with Crippen LogP contribution in [0.5, 0.6) is 5.75 Å². The van der Waals surface area contributed by atoms with Gasteiger partial charge in [-0.25, -0.2) is 4.79 Å². The van der Waals surface area contributed by atoms with Gasteiger partial charge < -0.3 is 20.9 Å². The van der Waals surface area contributed by atoms with Crippen LogP contribution in [0.1, 0.15) is 29.0 Å². The summed E-state index contributed by atoms with van der Waals surface area (Å²) in [4.78, 5) is 11.3. The molecule has 0 aromatic heterocycles. The Hall–Kier alpha value is -1.66. The maximum absolute atomic E-state index is 11.3. The van der Waals surface area contributed by atoms with Gasteiger partial charge in [0.1, 0.15) is 12.4 Å². The lowest BCUT2D eigenvalue weighted by molar-refractivity contribution is 0.185. The number of carboxylic acid groups (broad SMARTS) is 1. The highest BCUT2D eigenvalue weighted by Crippen LogP contribution is 2.37. The van der Waals surface area contributed by atoms with Crippen LogP contribution in [-0.4, -0.2) is 30.4 Å². The van der Waals surface area contributed by atoms with Crippen LogP contribution in [0.25, 0.3) is 0 Å². The number of amides is 1. The van der Waals surface area contributed by atoms with E-state index in [9.17, 15) is 9.90 Å². The summed E-state index contributed by atoms with van der Waals surface area (Å²) in [6, 6.07) is 11.3. The molecule has 2 aromatic carbocycles. The number of aryl methyl sites for hydroxylation is 1. The minimum atomic E-state index is -1.02. The molecule has 0 radical (unpaired) electrons. The van der Waals surface area contributed by atoms with Crippen LogP contribution >= 0.6 is 35.6 Å². The van der Waals surface area contributed by atoms with Gasteiger partial charge in [-0.05, 0) is 60.2 Å². The van der Waals surface area contributed by atoms with E-state index in [4.69, 9.17) is 33.7 Å². The molecule has 0 fully saturated rings. The second kappa shape index (κ2) is 10.2. The van der Waals surface area contributed by atoms with E-state index in [1.165, 1.54) is 5.56 Å². The Morgan fingerprint density at radius 2 is 2.00 bits per heavy atom. The van der Waals surface area contributed by atoms with Gasteiger partial charge in [0.15, 0.2) is 0 Å². The molecule has 4 N–H and O–H groups in total. The molecule has 152 valence electrons. The lowest BCUT2D eigenvalue weighted by Gasteiger charge is -2.34. The first kappa shape index (κ1) is 22.6. The highest BCUT2D eigenvalue weighted by Gasteiger charge is 2.31. The fourth-order valence-corrected chi connectivity index (χ4v) is 3.97. The van der Waals surface area contributed by atoms with Crippen LogP contribution in [0.15, 0.2) is 36.4 Å². The maximum atomic E-state index is 11.3. The van der Waals surface area contributed by atoms with Gasteiger partial charge in [-0.1, -0.05) is 35.3 Å². The molecule has 8 heteroatoms. The normalized spacial score (nSPS) is 18.0. The molecule has 0 saturated heterocycles. The van der Waals surface area contributed by atoms with Crippen molar-refractivity contribution in [1.29, 1.82) is 0 Å². The van der Waals surface area contributed by atoms with Crippen molar-refractivity contribution in [2.24, 2.45) is 5.73 Å². The second-order valence-electron chi connectivity index (χ2n) is 6.65. The molecule has 0 heterocycles. The molecule has 28 heavy (non-hydrogen) atoms. The number of hydrogen-bond donors (Lipinski definition) is 3. The number of nitrogens with two attached hydrogens (primary N) is 1. The SMILES string of the molecule is Cl.NCCOc1ccc2c(c1)C(Cc1ccc(Cl)c(Cl)c1)C(NC(=O)O)CC2. The third kappa shape index (κ3) is 5.45. The van der Waals surface area contributed by atoms with Gasteiger partial charge in [-0.3, -0.25) is 0 Å². The molecular formula is C20H23Cl3N2O3. The molecule has 2 aromatic rings. The highest BCUT2D eigenvalue weighted by atomic mass is 35.5. The highest BCUT2D eigenvalue weighted by molar-refractivity contribution is 6.42. The van der Waals surface area contributed by atoms with Gasteiger partial charge in [0, 0.05) is 18.5 Å². The fraction of sp³-hybridized carbons (Fsp3) is 0.350. The monoisotopic (exact) mass is 444 g/mol. The smallest absolute Gasteiger partial charge is 0.404 e. The molecule has 2 unspecified atom stereocenters. The van der Waals surface area contributed by atoms with E-state index >= 15 is 0 Å². The maximum Gasteiger partial charge on any atom is 0.404 e. The first-order valence-electron chi connectivity index (χ1n) is 8.87. The van der Waals surface area contributed by atoms with Crippen LogP contribution in [0.4, 0.5) is 4.79 Å². The van der Waals surface area contributed by atoms with Crippen molar-refractivity contribution >= 4 is 41.7 Å². The van der Waals surface area contributed by atoms with Crippen molar-refractivity contribution < 1.29 is 14.6 Å². The van der Waals surface area contributed by atoms with Gasteiger partial charge in [-0.2, -0.15) is 0 Å². The van der Waals surface area contributed by atoms with E-state index < -0.39 is 6.09 Å². The Morgan fingerprint density at radius 3 is 2.68 bits per heavy atom. The van der Waals surface area contributed by atoms with Gasteiger partial charge in [-0.15, -0.1) is 12.4 Å². The topological polar surface area (TPSA) is 84.6 Å². The summed E-state index contributed by atoms with van der Waals surface area (Å²) in [5.41, 5.74) is 8.84. The molecule has 1 amide bonds. The first-order chi connectivity index (χ1) is 13.0. The van der Waals surface area contributed by atoms with Crippen molar-refractivity contribution in [2.45, 2.75) is 31.2 Å². The number of rotatable bonds is 6. The van der Waals surface area contributed by atoms with Crippen LogP contribution in [0.3, 0.4) is 0 Å². The van der Waals surface area contributed by atoms with Crippen molar-refractivity contribution in [2.75, 3.05) is 13.2 Å². The van der Waals surface area contributed by atoms with E-state index in [-0.39, 0.29) is 24.4 Å². The summed E-state index contributed by atoms with van der Waals surface area (Å²) < 4.78 is 5.67. The number of nitrogens with one attached hydrogen (secondary N) is 1. The summed E-state index contributed by atoms with van der Waals surface area (Å²) >= 11 is 12.2. The standard InChI is InChI=1S/C20H22Cl2N2O3.ClH/c21-17-5-1-12(10-18(17)22)9-16-15-11-14(27-8-7-23)4-2-13(15)3-6-19(16)24-20(25)26;/h1-2,4-5,10-11,16,19,24H,3,6-9,23H2,(H,25,26);1H. The molecule has 1 aliphatic carbocycles. The average Bonchev–Trinajstić information content (AvgIpc) is 2.64. The van der Waals surface area contributed by atoms with Crippen molar-refractivity contribution in [1.82, 2.24) is 5.32 Å². The lowest BCUT2D eigenvalue weighted by Crippen LogP contribution is -2.42. The zero-order valence-corrected chi connectivity index (χ0v) is 17.5. The average molecular weight is 446 g/mol. The number of ether oxygens (including phenoxy) is 1. The number of hydrogen-bond acceptors (Lipinski definition) is 3. The largest absolute Gasteiger partial charge is 0.492 e. The van der Waals surface area contributed by atoms with Crippen molar-refractivity contribution in [3.8, 4) is 5.75 Å². The Balaban J connectivity index is 0.00000280.